The van der Waals surface area contributed by atoms with E-state index in [4.69, 9.17) is 14.0 Å². The first-order valence-corrected chi connectivity index (χ1v) is 16.0. The molecule has 0 unspecified atom stereocenters. The molecule has 16 heteroatoms. The van der Waals surface area contributed by atoms with Crippen molar-refractivity contribution in [3.8, 4) is 0 Å². The highest BCUT2D eigenvalue weighted by Gasteiger charge is 2.41. The molecule has 2 heterocycles. The van der Waals surface area contributed by atoms with Crippen LogP contribution in [0.25, 0.3) is 0 Å². The van der Waals surface area contributed by atoms with Gasteiger partial charge in [-0.2, -0.15) is 0 Å². The number of anilines is 2. The number of carbonyl (C=O) groups is 2. The van der Waals surface area contributed by atoms with E-state index in [1.165, 1.54) is 48.5 Å². The van der Waals surface area contributed by atoms with Crippen molar-refractivity contribution in [2.75, 3.05) is 22.3 Å². The third kappa shape index (κ3) is 8.22. The molecule has 3 aromatic rings. The molecule has 4 rings (SSSR count). The Bertz CT molecular complexity index is 1760. The van der Waals surface area contributed by atoms with Crippen molar-refractivity contribution in [2.24, 2.45) is 0 Å². The first kappa shape index (κ1) is 35.7. The number of nitrogens with zero attached hydrogens (tertiary/aromatic N) is 4. The second-order valence-electron chi connectivity index (χ2n) is 13.0. The highest BCUT2D eigenvalue weighted by molar-refractivity contribution is 7.93. The molecule has 256 valence electrons. The molecule has 1 saturated heterocycles. The van der Waals surface area contributed by atoms with Gasteiger partial charge in [-0.25, -0.2) is 35.6 Å². The second-order valence-corrected chi connectivity index (χ2v) is 14.7. The van der Waals surface area contributed by atoms with Crippen LogP contribution in [0.2, 0.25) is 0 Å². The Kier molecular flexibility index (Phi) is 9.97. The zero-order chi connectivity index (χ0) is 35.1. The van der Waals surface area contributed by atoms with E-state index in [0.717, 1.165) is 24.6 Å². The van der Waals surface area contributed by atoms with Gasteiger partial charge in [0.05, 0.1) is 12.2 Å². The summed E-state index contributed by atoms with van der Waals surface area (Å²) in [5.41, 5.74) is -3.25. The Morgan fingerprint density at radius 1 is 0.872 bits per heavy atom. The fourth-order valence-corrected chi connectivity index (χ4v) is 5.94. The van der Waals surface area contributed by atoms with Gasteiger partial charge < -0.3 is 14.0 Å². The number of rotatable bonds is 8. The summed E-state index contributed by atoms with van der Waals surface area (Å²) in [5, 5.41) is 3.51. The zero-order valence-electron chi connectivity index (χ0n) is 27.0. The maximum absolute atomic E-state index is 15.9. The first-order chi connectivity index (χ1) is 21.7. The standard InChI is InChI=1S/C31H36F4N4O7S/c1-18-13-26(36-46-18)39(29(41)45-31(5,6)7)47(42,43)27-24(34)14-19(15-25(27)35)38(28(40)44-30(2,3)4)17-21-20(16-37-11-8-12-37)22(32)9-10-23(21)33/h9-10,13-15H,8,11-12,16-17H2,1-7H3. The van der Waals surface area contributed by atoms with E-state index in [0.29, 0.717) is 30.1 Å². The average molecular weight is 685 g/mol. The summed E-state index contributed by atoms with van der Waals surface area (Å²) in [6.45, 7) is 10.9. The van der Waals surface area contributed by atoms with Gasteiger partial charge in [-0.1, -0.05) is 5.16 Å². The smallest absolute Gasteiger partial charge is 0.430 e. The van der Waals surface area contributed by atoms with Crippen molar-refractivity contribution in [2.45, 2.75) is 84.1 Å². The molecule has 11 nitrogen and oxygen atoms in total. The highest BCUT2D eigenvalue weighted by atomic mass is 32.2. The fourth-order valence-electron chi connectivity index (χ4n) is 4.58. The van der Waals surface area contributed by atoms with Crippen LogP contribution in [0, 0.1) is 30.2 Å². The van der Waals surface area contributed by atoms with Crippen LogP contribution < -0.4 is 9.21 Å². The molecule has 2 aromatic carbocycles. The van der Waals surface area contributed by atoms with E-state index in [1.807, 2.05) is 4.90 Å². The second kappa shape index (κ2) is 13.1. The van der Waals surface area contributed by atoms with Gasteiger partial charge in [0.15, 0.2) is 10.7 Å². The average Bonchev–Trinajstić information content (AvgIpc) is 3.29. The molecule has 1 aliphatic rings. The Balaban J connectivity index is 1.83. The van der Waals surface area contributed by atoms with E-state index in [9.17, 15) is 18.0 Å². The molecule has 2 amide bonds. The first-order valence-electron chi connectivity index (χ1n) is 14.6. The van der Waals surface area contributed by atoms with Gasteiger partial charge in [-0.3, -0.25) is 9.80 Å². The van der Waals surface area contributed by atoms with Crippen LogP contribution in [0.1, 0.15) is 64.9 Å². The molecule has 0 bridgehead atoms. The molecule has 0 N–H and O–H groups in total. The summed E-state index contributed by atoms with van der Waals surface area (Å²) in [6.07, 6.45) is -1.84. The monoisotopic (exact) mass is 684 g/mol. The number of ether oxygens (including phenoxy) is 2. The van der Waals surface area contributed by atoms with Crippen LogP contribution in [-0.2, 0) is 32.6 Å². The Morgan fingerprint density at radius 2 is 1.40 bits per heavy atom. The minimum absolute atomic E-state index is 0.0169. The van der Waals surface area contributed by atoms with Crippen LogP contribution in [-0.4, -0.2) is 55.0 Å². The number of carbonyl (C=O) groups excluding carboxylic acids is 2. The van der Waals surface area contributed by atoms with Crippen molar-refractivity contribution in [1.82, 2.24) is 10.1 Å². The van der Waals surface area contributed by atoms with Gasteiger partial charge in [0, 0.05) is 23.7 Å². The molecule has 0 atom stereocenters. The Morgan fingerprint density at radius 3 is 1.87 bits per heavy atom. The Labute approximate surface area is 270 Å². The SMILES string of the molecule is Cc1cc(N(C(=O)OC(C)(C)C)S(=O)(=O)c2c(F)cc(N(Cc3c(F)ccc(F)c3CN3CCC3)C(=O)OC(C)(C)C)cc2F)no1. The lowest BCUT2D eigenvalue weighted by atomic mass is 10.0. The predicted molar refractivity (Wildman–Crippen MR) is 162 cm³/mol. The number of amides is 2. The molecular weight excluding hydrogens is 648 g/mol. The van der Waals surface area contributed by atoms with Crippen molar-refractivity contribution in [3.05, 3.63) is 70.5 Å². The van der Waals surface area contributed by atoms with E-state index in [1.54, 1.807) is 0 Å². The quantitative estimate of drug-likeness (QED) is 0.235. The Hall–Kier alpha value is -4.18. The van der Waals surface area contributed by atoms with Gasteiger partial charge in [0.25, 0.3) is 10.0 Å². The zero-order valence-corrected chi connectivity index (χ0v) is 27.8. The summed E-state index contributed by atoms with van der Waals surface area (Å²) in [5.74, 6) is -5.63. The van der Waals surface area contributed by atoms with Crippen molar-refractivity contribution >= 4 is 33.7 Å². The minimum atomic E-state index is -5.42. The van der Waals surface area contributed by atoms with Gasteiger partial charge in [-0.15, -0.1) is 4.31 Å². The molecule has 0 radical (unpaired) electrons. The number of halogens is 4. The molecule has 0 saturated carbocycles. The molecule has 0 aliphatic carbocycles. The van der Waals surface area contributed by atoms with Gasteiger partial charge in [-0.05, 0) is 92.2 Å². The lowest BCUT2D eigenvalue weighted by Gasteiger charge is -2.32. The summed E-state index contributed by atoms with van der Waals surface area (Å²) < 4.78 is 105. The van der Waals surface area contributed by atoms with Crippen LogP contribution >= 0.6 is 0 Å². The van der Waals surface area contributed by atoms with Gasteiger partial charge in [0.2, 0.25) is 0 Å². The molecule has 1 aliphatic heterocycles. The minimum Gasteiger partial charge on any atom is -0.443 e. The van der Waals surface area contributed by atoms with Crippen molar-refractivity contribution < 1.29 is 49.6 Å². The molecular formula is C31H36F4N4O7S. The van der Waals surface area contributed by atoms with Crippen LogP contribution in [0.5, 0.6) is 0 Å². The molecule has 47 heavy (non-hydrogen) atoms. The van der Waals surface area contributed by atoms with Gasteiger partial charge in [0.1, 0.15) is 40.2 Å². The maximum Gasteiger partial charge on any atom is 0.430 e. The highest BCUT2D eigenvalue weighted by Crippen LogP contribution is 2.34. The van der Waals surface area contributed by atoms with Crippen LogP contribution in [0.3, 0.4) is 0 Å². The lowest BCUT2D eigenvalue weighted by molar-refractivity contribution is 0.0573. The largest absolute Gasteiger partial charge is 0.443 e. The molecule has 1 aromatic heterocycles. The number of likely N-dealkylation sites (tertiary alicyclic amines) is 1. The number of benzene rings is 2. The summed E-state index contributed by atoms with van der Waals surface area (Å²) in [6, 6.07) is 3.87. The van der Waals surface area contributed by atoms with Crippen molar-refractivity contribution in [1.29, 1.82) is 0 Å². The number of hydrogen-bond acceptors (Lipinski definition) is 9. The van der Waals surface area contributed by atoms with Crippen LogP contribution in [0.4, 0.5) is 38.7 Å². The summed E-state index contributed by atoms with van der Waals surface area (Å²) in [4.78, 5) is 27.4. The fraction of sp³-hybridized carbons (Fsp3) is 0.452. The van der Waals surface area contributed by atoms with E-state index in [2.05, 4.69) is 5.16 Å². The molecule has 0 spiro atoms. The molecule has 1 fully saturated rings. The topological polar surface area (TPSA) is 122 Å². The van der Waals surface area contributed by atoms with Crippen LogP contribution in [0.15, 0.2) is 39.8 Å². The third-order valence-electron chi connectivity index (χ3n) is 6.75. The van der Waals surface area contributed by atoms with E-state index < -0.39 is 79.6 Å². The summed E-state index contributed by atoms with van der Waals surface area (Å²) in [7, 11) is -5.42. The number of aryl methyl sites for hydroxylation is 1. The number of hydrogen-bond donors (Lipinski definition) is 0. The van der Waals surface area contributed by atoms with E-state index in [-0.39, 0.29) is 27.7 Å². The van der Waals surface area contributed by atoms with Gasteiger partial charge >= 0.3 is 12.2 Å². The predicted octanol–water partition coefficient (Wildman–Crippen LogP) is 6.82. The third-order valence-corrected chi connectivity index (χ3v) is 8.48. The van der Waals surface area contributed by atoms with E-state index >= 15 is 17.6 Å². The lowest BCUT2D eigenvalue weighted by Crippen LogP contribution is -2.42. The number of aromatic nitrogens is 1. The van der Waals surface area contributed by atoms with Crippen molar-refractivity contribution in [3.63, 3.8) is 0 Å². The maximum atomic E-state index is 15.9. The summed E-state index contributed by atoms with van der Waals surface area (Å²) >= 11 is 0. The normalized spacial score (nSPS) is 14.0. The number of sulfonamides is 1.